The molecule has 0 bridgehead atoms. The minimum absolute atomic E-state index is 0.0202. The van der Waals surface area contributed by atoms with Crippen molar-refractivity contribution in [1.82, 2.24) is 4.90 Å². The van der Waals surface area contributed by atoms with Crippen LogP contribution in [0.15, 0.2) is 48.9 Å². The second kappa shape index (κ2) is 6.80. The fourth-order valence-corrected chi connectivity index (χ4v) is 1.83. The molecule has 0 aliphatic rings. The van der Waals surface area contributed by atoms with Crippen LogP contribution in [0.2, 0.25) is 0 Å². The molecule has 1 rings (SSSR count). The van der Waals surface area contributed by atoms with Crippen molar-refractivity contribution >= 4 is 23.3 Å². The molecule has 0 saturated carbocycles. The molecule has 1 aromatic rings. The summed E-state index contributed by atoms with van der Waals surface area (Å²) in [4.78, 5) is 14.5. The molecule has 1 heterocycles. The highest BCUT2D eigenvalue weighted by Crippen LogP contribution is 2.10. The zero-order chi connectivity index (χ0) is 11.8. The SMILES string of the molecule is C=CCN(CC=C)C(=O)/C=C/c1cccs1. The minimum Gasteiger partial charge on any atom is -0.332 e. The van der Waals surface area contributed by atoms with Gasteiger partial charge < -0.3 is 4.90 Å². The Labute approximate surface area is 100 Å². The van der Waals surface area contributed by atoms with E-state index in [1.807, 2.05) is 23.6 Å². The Kier molecular flexibility index (Phi) is 5.29. The van der Waals surface area contributed by atoms with Gasteiger partial charge in [0.05, 0.1) is 0 Å². The van der Waals surface area contributed by atoms with Gasteiger partial charge in [0.15, 0.2) is 0 Å². The van der Waals surface area contributed by atoms with Crippen molar-refractivity contribution in [3.8, 4) is 0 Å². The van der Waals surface area contributed by atoms with Crippen molar-refractivity contribution in [2.24, 2.45) is 0 Å². The van der Waals surface area contributed by atoms with E-state index in [4.69, 9.17) is 0 Å². The van der Waals surface area contributed by atoms with Gasteiger partial charge in [0.2, 0.25) is 5.91 Å². The number of thiophene rings is 1. The average Bonchev–Trinajstić information content (AvgIpc) is 2.78. The van der Waals surface area contributed by atoms with E-state index in [-0.39, 0.29) is 5.91 Å². The smallest absolute Gasteiger partial charge is 0.247 e. The first-order valence-corrected chi connectivity index (χ1v) is 5.88. The third-order valence-corrected chi connectivity index (χ3v) is 2.78. The number of amides is 1. The van der Waals surface area contributed by atoms with E-state index < -0.39 is 0 Å². The molecule has 0 spiro atoms. The van der Waals surface area contributed by atoms with Crippen LogP contribution in [0.25, 0.3) is 6.08 Å². The first-order valence-electron chi connectivity index (χ1n) is 5.00. The predicted molar refractivity (Wildman–Crippen MR) is 70.3 cm³/mol. The van der Waals surface area contributed by atoms with Crippen molar-refractivity contribution in [2.75, 3.05) is 13.1 Å². The van der Waals surface area contributed by atoms with Gasteiger partial charge in [0, 0.05) is 24.0 Å². The topological polar surface area (TPSA) is 20.3 Å². The normalized spacial score (nSPS) is 10.2. The van der Waals surface area contributed by atoms with Crippen molar-refractivity contribution in [1.29, 1.82) is 0 Å². The first-order chi connectivity index (χ1) is 7.77. The van der Waals surface area contributed by atoms with E-state index in [2.05, 4.69) is 13.2 Å². The van der Waals surface area contributed by atoms with Crippen LogP contribution >= 0.6 is 11.3 Å². The van der Waals surface area contributed by atoms with Crippen molar-refractivity contribution < 1.29 is 4.79 Å². The third kappa shape index (κ3) is 3.87. The minimum atomic E-state index is -0.0202. The van der Waals surface area contributed by atoms with Crippen LogP contribution in [0.4, 0.5) is 0 Å². The molecule has 2 nitrogen and oxygen atoms in total. The van der Waals surface area contributed by atoms with Crippen LogP contribution in [0.5, 0.6) is 0 Å². The monoisotopic (exact) mass is 233 g/mol. The second-order valence-corrected chi connectivity index (χ2v) is 4.15. The fraction of sp³-hybridized carbons (Fsp3) is 0.154. The molecular formula is C13H15NOS. The molecule has 0 N–H and O–H groups in total. The van der Waals surface area contributed by atoms with Crippen molar-refractivity contribution in [3.05, 3.63) is 53.8 Å². The van der Waals surface area contributed by atoms with Gasteiger partial charge in [-0.3, -0.25) is 4.79 Å². The summed E-state index contributed by atoms with van der Waals surface area (Å²) in [5.41, 5.74) is 0. The number of carbonyl (C=O) groups is 1. The van der Waals surface area contributed by atoms with Gasteiger partial charge in [0.1, 0.15) is 0 Å². The summed E-state index contributed by atoms with van der Waals surface area (Å²) in [6, 6.07) is 3.93. The molecule has 0 aromatic carbocycles. The summed E-state index contributed by atoms with van der Waals surface area (Å²) >= 11 is 1.61. The molecule has 0 fully saturated rings. The van der Waals surface area contributed by atoms with Gasteiger partial charge in [-0.1, -0.05) is 18.2 Å². The molecule has 1 amide bonds. The average molecular weight is 233 g/mol. The summed E-state index contributed by atoms with van der Waals surface area (Å²) in [7, 11) is 0. The molecule has 0 atom stereocenters. The molecule has 16 heavy (non-hydrogen) atoms. The highest BCUT2D eigenvalue weighted by atomic mass is 32.1. The van der Waals surface area contributed by atoms with E-state index in [1.54, 1.807) is 34.5 Å². The number of carbonyl (C=O) groups excluding carboxylic acids is 1. The molecule has 3 heteroatoms. The lowest BCUT2D eigenvalue weighted by atomic mass is 10.3. The number of hydrogen-bond acceptors (Lipinski definition) is 2. The maximum atomic E-state index is 11.8. The van der Waals surface area contributed by atoms with E-state index in [0.29, 0.717) is 13.1 Å². The molecule has 0 aliphatic carbocycles. The van der Waals surface area contributed by atoms with E-state index in [9.17, 15) is 4.79 Å². The summed E-state index contributed by atoms with van der Waals surface area (Å²) in [5, 5.41) is 1.98. The molecule has 0 aliphatic heterocycles. The predicted octanol–water partition coefficient (Wildman–Crippen LogP) is 2.96. The van der Waals surface area contributed by atoms with Crippen molar-refractivity contribution in [3.63, 3.8) is 0 Å². The molecule has 0 saturated heterocycles. The van der Waals surface area contributed by atoms with Gasteiger partial charge in [-0.15, -0.1) is 24.5 Å². The van der Waals surface area contributed by atoms with E-state index in [1.165, 1.54) is 0 Å². The zero-order valence-corrected chi connectivity index (χ0v) is 9.95. The van der Waals surface area contributed by atoms with Gasteiger partial charge in [0.25, 0.3) is 0 Å². The van der Waals surface area contributed by atoms with Crippen LogP contribution in [0, 0.1) is 0 Å². The zero-order valence-electron chi connectivity index (χ0n) is 9.13. The van der Waals surface area contributed by atoms with Gasteiger partial charge in [-0.05, 0) is 17.5 Å². The lowest BCUT2D eigenvalue weighted by Crippen LogP contribution is -2.29. The third-order valence-electron chi connectivity index (χ3n) is 1.94. The molecular weight excluding hydrogens is 218 g/mol. The van der Waals surface area contributed by atoms with Crippen LogP contribution in [-0.2, 0) is 4.79 Å². The maximum Gasteiger partial charge on any atom is 0.247 e. The number of hydrogen-bond donors (Lipinski definition) is 0. The van der Waals surface area contributed by atoms with Crippen molar-refractivity contribution in [2.45, 2.75) is 0 Å². The van der Waals surface area contributed by atoms with Crippen LogP contribution in [-0.4, -0.2) is 23.9 Å². The Balaban J connectivity index is 2.60. The standard InChI is InChI=1S/C13H15NOS/c1-3-9-14(10-4-2)13(15)8-7-12-6-5-11-16-12/h3-8,11H,1-2,9-10H2/b8-7+. The first kappa shape index (κ1) is 12.5. The Morgan fingerprint density at radius 1 is 1.38 bits per heavy atom. The van der Waals surface area contributed by atoms with Crippen LogP contribution in [0.1, 0.15) is 4.88 Å². The Hall–Kier alpha value is -1.61. The molecule has 0 radical (unpaired) electrons. The Bertz CT molecular complexity index is 369. The lowest BCUT2D eigenvalue weighted by Gasteiger charge is -2.16. The Morgan fingerprint density at radius 3 is 2.56 bits per heavy atom. The summed E-state index contributed by atoms with van der Waals surface area (Å²) in [6.45, 7) is 8.33. The fourth-order valence-electron chi connectivity index (χ4n) is 1.21. The quantitative estimate of drug-likeness (QED) is 0.546. The van der Waals surface area contributed by atoms with E-state index in [0.717, 1.165) is 4.88 Å². The summed E-state index contributed by atoms with van der Waals surface area (Å²) < 4.78 is 0. The molecule has 84 valence electrons. The molecule has 1 aromatic heterocycles. The lowest BCUT2D eigenvalue weighted by molar-refractivity contribution is -0.124. The van der Waals surface area contributed by atoms with Crippen LogP contribution in [0.3, 0.4) is 0 Å². The summed E-state index contributed by atoms with van der Waals surface area (Å²) in [6.07, 6.45) is 6.83. The molecule has 0 unspecified atom stereocenters. The Morgan fingerprint density at radius 2 is 2.06 bits per heavy atom. The van der Waals surface area contributed by atoms with Gasteiger partial charge in [-0.25, -0.2) is 0 Å². The van der Waals surface area contributed by atoms with E-state index >= 15 is 0 Å². The van der Waals surface area contributed by atoms with Gasteiger partial charge in [-0.2, -0.15) is 0 Å². The van der Waals surface area contributed by atoms with Gasteiger partial charge >= 0.3 is 0 Å². The summed E-state index contributed by atoms with van der Waals surface area (Å²) in [5.74, 6) is -0.0202. The highest BCUT2D eigenvalue weighted by molar-refractivity contribution is 7.10. The van der Waals surface area contributed by atoms with Crippen LogP contribution < -0.4 is 0 Å². The number of rotatable bonds is 6. The second-order valence-electron chi connectivity index (χ2n) is 3.17. The maximum absolute atomic E-state index is 11.8. The highest BCUT2D eigenvalue weighted by Gasteiger charge is 2.05. The largest absolute Gasteiger partial charge is 0.332 e. The number of nitrogens with zero attached hydrogens (tertiary/aromatic N) is 1.